The lowest BCUT2D eigenvalue weighted by Gasteiger charge is -1.80. The second kappa shape index (κ2) is 4.23. The predicted octanol–water partition coefficient (Wildman–Crippen LogP) is 2.53. The lowest BCUT2D eigenvalue weighted by atomic mass is 10.5. The number of hydrogen-bond donors (Lipinski definition) is 0. The van der Waals surface area contributed by atoms with Crippen LogP contribution in [0.25, 0.3) is 0 Å². The summed E-state index contributed by atoms with van der Waals surface area (Å²) < 4.78 is 0. The van der Waals surface area contributed by atoms with E-state index in [1.807, 2.05) is 0 Å². The summed E-state index contributed by atoms with van der Waals surface area (Å²) in [7, 11) is 0. The average Bonchev–Trinajstić information content (AvgIpc) is 1.68. The minimum Gasteiger partial charge on any atom is -0.121 e. The third-order valence-electron chi connectivity index (χ3n) is 0.426. The molecule has 0 bridgehead atoms. The minimum absolute atomic E-state index is 0.369. The van der Waals surface area contributed by atoms with Crippen molar-refractivity contribution in [1.29, 1.82) is 0 Å². The van der Waals surface area contributed by atoms with Gasteiger partial charge in [0.15, 0.2) is 0 Å². The van der Waals surface area contributed by atoms with Crippen molar-refractivity contribution in [1.82, 2.24) is 0 Å². The second-order valence-electron chi connectivity index (χ2n) is 0.983. The highest BCUT2D eigenvalue weighted by Gasteiger charge is 1.80. The number of hydrogen-bond acceptors (Lipinski definition) is 0. The van der Waals surface area contributed by atoms with E-state index in [1.54, 1.807) is 12.2 Å². The molecule has 0 spiro atoms. The molecule has 0 saturated carbocycles. The molecule has 0 aliphatic rings. The third-order valence-corrected chi connectivity index (χ3v) is 1.11. The predicted molar refractivity (Wildman–Crippen MR) is 34.9 cm³/mol. The number of rotatable bonds is 2. The van der Waals surface area contributed by atoms with Crippen LogP contribution in [0.2, 0.25) is 0 Å². The first-order valence-corrected chi connectivity index (χ1v) is 2.75. The minimum atomic E-state index is 0.369. The van der Waals surface area contributed by atoms with Crippen LogP contribution in [0.3, 0.4) is 0 Å². The summed E-state index contributed by atoms with van der Waals surface area (Å²) in [5.41, 5.74) is 0. The molecule has 0 radical (unpaired) electrons. The van der Waals surface area contributed by atoms with Crippen molar-refractivity contribution in [3.63, 3.8) is 0 Å². The highest BCUT2D eigenvalue weighted by molar-refractivity contribution is 6.35. The van der Waals surface area contributed by atoms with E-state index in [2.05, 4.69) is 6.58 Å². The summed E-state index contributed by atoms with van der Waals surface area (Å²) >= 11 is 10.7. The van der Waals surface area contributed by atoms with Gasteiger partial charge in [-0.1, -0.05) is 24.3 Å². The standard InChI is InChI=1S/C5H6Cl2/c1-2-3-5(7)4-6/h2-3H,1,4H2/b5-3+. The molecule has 2 heteroatoms. The molecule has 0 N–H and O–H groups in total. The van der Waals surface area contributed by atoms with E-state index >= 15 is 0 Å². The topological polar surface area (TPSA) is 0 Å². The second-order valence-corrected chi connectivity index (χ2v) is 1.74. The van der Waals surface area contributed by atoms with Gasteiger partial charge in [0.05, 0.1) is 5.88 Å². The lowest BCUT2D eigenvalue weighted by molar-refractivity contribution is 1.67. The van der Waals surface area contributed by atoms with Crippen LogP contribution in [-0.4, -0.2) is 5.88 Å². The van der Waals surface area contributed by atoms with Gasteiger partial charge in [-0.15, -0.1) is 11.6 Å². The van der Waals surface area contributed by atoms with Crippen LogP contribution in [0.15, 0.2) is 23.8 Å². The average molecular weight is 137 g/mol. The molecule has 0 unspecified atom stereocenters. The van der Waals surface area contributed by atoms with E-state index in [4.69, 9.17) is 23.2 Å². The van der Waals surface area contributed by atoms with Crippen LogP contribution in [0.1, 0.15) is 0 Å². The fourth-order valence-electron chi connectivity index (χ4n) is 0.172. The van der Waals surface area contributed by atoms with E-state index in [0.29, 0.717) is 10.9 Å². The molecule has 0 atom stereocenters. The lowest BCUT2D eigenvalue weighted by Crippen LogP contribution is -1.66. The van der Waals surface area contributed by atoms with Crippen molar-refractivity contribution in [3.05, 3.63) is 23.8 Å². The van der Waals surface area contributed by atoms with Crippen LogP contribution in [-0.2, 0) is 0 Å². The highest BCUT2D eigenvalue weighted by atomic mass is 35.5. The Morgan fingerprint density at radius 3 is 2.43 bits per heavy atom. The van der Waals surface area contributed by atoms with Crippen molar-refractivity contribution in [2.75, 3.05) is 5.88 Å². The zero-order valence-corrected chi connectivity index (χ0v) is 5.34. The Hall–Kier alpha value is 0.0600. The summed E-state index contributed by atoms with van der Waals surface area (Å²) in [5.74, 6) is 0.369. The van der Waals surface area contributed by atoms with Crippen LogP contribution < -0.4 is 0 Å². The van der Waals surface area contributed by atoms with Gasteiger partial charge in [-0.2, -0.15) is 0 Å². The van der Waals surface area contributed by atoms with Gasteiger partial charge in [-0.3, -0.25) is 0 Å². The largest absolute Gasteiger partial charge is 0.121 e. The third kappa shape index (κ3) is 3.90. The highest BCUT2D eigenvalue weighted by Crippen LogP contribution is 2.01. The molecule has 0 rings (SSSR count). The van der Waals surface area contributed by atoms with Crippen molar-refractivity contribution in [2.24, 2.45) is 0 Å². The molecule has 7 heavy (non-hydrogen) atoms. The van der Waals surface area contributed by atoms with Crippen LogP contribution in [0.5, 0.6) is 0 Å². The molecule has 40 valence electrons. The Labute approximate surface area is 53.4 Å². The first-order chi connectivity index (χ1) is 3.31. The molecule has 0 aromatic rings. The number of halogens is 2. The SMILES string of the molecule is C=C/C=C(/Cl)CCl. The quantitative estimate of drug-likeness (QED) is 0.405. The van der Waals surface area contributed by atoms with Crippen molar-refractivity contribution in [3.8, 4) is 0 Å². The first-order valence-electron chi connectivity index (χ1n) is 1.84. The molecule has 0 fully saturated rings. The van der Waals surface area contributed by atoms with Crippen LogP contribution in [0, 0.1) is 0 Å². The molecule has 0 aromatic carbocycles. The maximum absolute atomic E-state index is 5.42. The number of alkyl halides is 1. The van der Waals surface area contributed by atoms with Crippen LogP contribution >= 0.6 is 23.2 Å². The fourth-order valence-corrected chi connectivity index (χ4v) is 0.351. The molecule has 0 heterocycles. The Balaban J connectivity index is 3.49. The van der Waals surface area contributed by atoms with Gasteiger partial charge in [0.2, 0.25) is 0 Å². The van der Waals surface area contributed by atoms with Gasteiger partial charge in [0.1, 0.15) is 0 Å². The summed E-state index contributed by atoms with van der Waals surface area (Å²) in [6, 6.07) is 0. The Morgan fingerprint density at radius 2 is 2.29 bits per heavy atom. The summed E-state index contributed by atoms with van der Waals surface area (Å²) in [6.07, 6.45) is 3.26. The van der Waals surface area contributed by atoms with E-state index in [-0.39, 0.29) is 0 Å². The van der Waals surface area contributed by atoms with Gasteiger partial charge >= 0.3 is 0 Å². The molecule has 0 nitrogen and oxygen atoms in total. The van der Waals surface area contributed by atoms with E-state index in [0.717, 1.165) is 0 Å². The summed E-state index contributed by atoms with van der Waals surface area (Å²) in [6.45, 7) is 3.43. The fraction of sp³-hybridized carbons (Fsp3) is 0.200. The normalized spacial score (nSPS) is 11.4. The van der Waals surface area contributed by atoms with Gasteiger partial charge in [-0.25, -0.2) is 0 Å². The Kier molecular flexibility index (Phi) is 4.26. The molecule has 0 aliphatic heterocycles. The van der Waals surface area contributed by atoms with E-state index in [1.165, 1.54) is 0 Å². The zero-order valence-electron chi connectivity index (χ0n) is 3.82. The van der Waals surface area contributed by atoms with E-state index < -0.39 is 0 Å². The maximum atomic E-state index is 5.42. The Morgan fingerprint density at radius 1 is 1.71 bits per heavy atom. The molecular weight excluding hydrogens is 131 g/mol. The molecule has 0 saturated heterocycles. The van der Waals surface area contributed by atoms with Crippen LogP contribution in [0.4, 0.5) is 0 Å². The maximum Gasteiger partial charge on any atom is 0.0581 e. The smallest absolute Gasteiger partial charge is 0.0581 e. The van der Waals surface area contributed by atoms with E-state index in [9.17, 15) is 0 Å². The van der Waals surface area contributed by atoms with Gasteiger partial charge < -0.3 is 0 Å². The van der Waals surface area contributed by atoms with Crippen molar-refractivity contribution in [2.45, 2.75) is 0 Å². The molecule has 0 aliphatic carbocycles. The summed E-state index contributed by atoms with van der Waals surface area (Å²) in [4.78, 5) is 0. The van der Waals surface area contributed by atoms with Crippen molar-refractivity contribution < 1.29 is 0 Å². The monoisotopic (exact) mass is 136 g/mol. The molecule has 0 aromatic heterocycles. The molecule has 0 amide bonds. The van der Waals surface area contributed by atoms with Gasteiger partial charge in [0, 0.05) is 5.03 Å². The van der Waals surface area contributed by atoms with Gasteiger partial charge in [-0.05, 0) is 6.08 Å². The summed E-state index contributed by atoms with van der Waals surface area (Å²) in [5, 5.41) is 0.622. The number of allylic oxidation sites excluding steroid dienone is 3. The Bertz CT molecular complexity index is 84.1. The molecular formula is C5H6Cl2. The zero-order chi connectivity index (χ0) is 5.70. The van der Waals surface area contributed by atoms with Gasteiger partial charge in [0.25, 0.3) is 0 Å². The first kappa shape index (κ1) is 7.06. The van der Waals surface area contributed by atoms with Crippen molar-refractivity contribution >= 4 is 23.2 Å².